The first-order valence-electron chi connectivity index (χ1n) is 6.93. The van der Waals surface area contributed by atoms with Crippen LogP contribution in [0.3, 0.4) is 0 Å². The number of nitrogens with one attached hydrogen (secondary N) is 1. The molecule has 110 valence electrons. The summed E-state index contributed by atoms with van der Waals surface area (Å²) in [6, 6.07) is 4.72. The lowest BCUT2D eigenvalue weighted by Crippen LogP contribution is -2.43. The molecule has 1 saturated carbocycles. The van der Waals surface area contributed by atoms with Crippen LogP contribution in [0.1, 0.15) is 32.6 Å². The fourth-order valence-electron chi connectivity index (χ4n) is 2.51. The Morgan fingerprint density at radius 3 is 2.90 bits per heavy atom. The average Bonchev–Trinajstić information content (AvgIpc) is 2.40. The predicted octanol–water partition coefficient (Wildman–Crippen LogP) is 3.66. The number of benzene rings is 1. The van der Waals surface area contributed by atoms with Crippen LogP contribution >= 0.6 is 15.9 Å². The summed E-state index contributed by atoms with van der Waals surface area (Å²) in [6.45, 7) is 2.00. The molecular formula is C15H19BrFNO2. The largest absolute Gasteiger partial charge is 0.481 e. The van der Waals surface area contributed by atoms with Crippen molar-refractivity contribution in [1.29, 1.82) is 0 Å². The Balaban J connectivity index is 1.82. The minimum atomic E-state index is -0.474. The molecule has 0 saturated heterocycles. The first kappa shape index (κ1) is 15.3. The third-order valence-electron chi connectivity index (χ3n) is 3.71. The molecule has 0 unspecified atom stereocenters. The van der Waals surface area contributed by atoms with Gasteiger partial charge in [0.2, 0.25) is 0 Å². The van der Waals surface area contributed by atoms with E-state index in [9.17, 15) is 9.18 Å². The highest BCUT2D eigenvalue weighted by Crippen LogP contribution is 2.24. The summed E-state index contributed by atoms with van der Waals surface area (Å²) < 4.78 is 19.4. The first-order chi connectivity index (χ1) is 9.56. The van der Waals surface area contributed by atoms with E-state index in [-0.39, 0.29) is 24.3 Å². The number of rotatable bonds is 4. The summed E-state index contributed by atoms with van der Waals surface area (Å²) in [6.07, 6.45) is 4.54. The van der Waals surface area contributed by atoms with E-state index in [2.05, 4.69) is 28.2 Å². The van der Waals surface area contributed by atoms with Crippen LogP contribution in [-0.4, -0.2) is 18.6 Å². The Morgan fingerprint density at radius 2 is 2.20 bits per heavy atom. The number of halogens is 2. The van der Waals surface area contributed by atoms with Crippen LogP contribution in [0.25, 0.3) is 0 Å². The van der Waals surface area contributed by atoms with Crippen molar-refractivity contribution in [2.24, 2.45) is 5.92 Å². The highest BCUT2D eigenvalue weighted by molar-refractivity contribution is 9.10. The molecule has 0 aromatic heterocycles. The van der Waals surface area contributed by atoms with E-state index in [0.29, 0.717) is 10.4 Å². The summed E-state index contributed by atoms with van der Waals surface area (Å²) in [4.78, 5) is 11.8. The van der Waals surface area contributed by atoms with Gasteiger partial charge < -0.3 is 10.1 Å². The van der Waals surface area contributed by atoms with Crippen molar-refractivity contribution >= 4 is 21.8 Å². The predicted molar refractivity (Wildman–Crippen MR) is 79.2 cm³/mol. The first-order valence-corrected chi connectivity index (χ1v) is 7.73. The second-order valence-corrected chi connectivity index (χ2v) is 6.21. The van der Waals surface area contributed by atoms with Crippen LogP contribution in [0.5, 0.6) is 5.75 Å². The van der Waals surface area contributed by atoms with Crippen molar-refractivity contribution in [3.8, 4) is 5.75 Å². The molecule has 20 heavy (non-hydrogen) atoms. The Hall–Kier alpha value is -1.10. The molecule has 2 atom stereocenters. The minimum absolute atomic E-state index is 0.0973. The molecule has 0 radical (unpaired) electrons. The Bertz CT molecular complexity index is 481. The van der Waals surface area contributed by atoms with Crippen molar-refractivity contribution in [2.75, 3.05) is 6.61 Å². The maximum atomic E-state index is 13.5. The maximum absolute atomic E-state index is 13.5. The Labute approximate surface area is 127 Å². The highest BCUT2D eigenvalue weighted by atomic mass is 79.9. The number of ether oxygens (including phenoxy) is 1. The van der Waals surface area contributed by atoms with E-state index >= 15 is 0 Å². The minimum Gasteiger partial charge on any atom is -0.481 e. The zero-order chi connectivity index (χ0) is 14.5. The van der Waals surface area contributed by atoms with Crippen LogP contribution in [0.4, 0.5) is 4.39 Å². The summed E-state index contributed by atoms with van der Waals surface area (Å²) in [5, 5.41) is 2.97. The smallest absolute Gasteiger partial charge is 0.258 e. The van der Waals surface area contributed by atoms with Crippen molar-refractivity contribution in [1.82, 2.24) is 5.32 Å². The number of hydrogen-bond acceptors (Lipinski definition) is 2. The summed E-state index contributed by atoms with van der Waals surface area (Å²) in [5.41, 5.74) is 0. The van der Waals surface area contributed by atoms with Crippen molar-refractivity contribution in [3.63, 3.8) is 0 Å². The molecule has 3 nitrogen and oxygen atoms in total. The van der Waals surface area contributed by atoms with Gasteiger partial charge in [-0.2, -0.15) is 0 Å². The van der Waals surface area contributed by atoms with Gasteiger partial charge in [-0.3, -0.25) is 4.79 Å². The quantitative estimate of drug-likeness (QED) is 0.905. The van der Waals surface area contributed by atoms with Crippen molar-refractivity contribution in [3.05, 3.63) is 28.5 Å². The van der Waals surface area contributed by atoms with E-state index in [4.69, 9.17) is 4.74 Å². The number of hydrogen-bond donors (Lipinski definition) is 1. The Kier molecular flexibility index (Phi) is 5.40. The molecule has 1 fully saturated rings. The number of amides is 1. The third-order valence-corrected chi connectivity index (χ3v) is 4.20. The molecule has 1 aliphatic carbocycles. The van der Waals surface area contributed by atoms with Gasteiger partial charge in [0.05, 0.1) is 0 Å². The van der Waals surface area contributed by atoms with Gasteiger partial charge in [0.15, 0.2) is 18.2 Å². The number of carbonyl (C=O) groups is 1. The van der Waals surface area contributed by atoms with Crippen LogP contribution in [0, 0.1) is 11.7 Å². The molecular weight excluding hydrogens is 325 g/mol. The van der Waals surface area contributed by atoms with Crippen LogP contribution in [0.2, 0.25) is 0 Å². The maximum Gasteiger partial charge on any atom is 0.258 e. The van der Waals surface area contributed by atoms with Crippen LogP contribution in [-0.2, 0) is 4.79 Å². The lowest BCUT2D eigenvalue weighted by molar-refractivity contribution is -0.124. The summed E-state index contributed by atoms with van der Waals surface area (Å²) in [7, 11) is 0. The standard InChI is InChI=1S/C15H19BrFNO2/c1-10-4-2-3-5-13(10)18-15(19)9-20-14-7-6-11(16)8-12(14)17/h6-8,10,13H,2-5,9H2,1H3,(H,18,19)/t10-,13-/m1/s1. The summed E-state index contributed by atoms with van der Waals surface area (Å²) >= 11 is 3.17. The molecule has 0 aliphatic heterocycles. The highest BCUT2D eigenvalue weighted by Gasteiger charge is 2.22. The molecule has 2 rings (SSSR count). The van der Waals surface area contributed by atoms with E-state index in [1.54, 1.807) is 6.07 Å². The van der Waals surface area contributed by atoms with E-state index < -0.39 is 5.82 Å². The zero-order valence-electron chi connectivity index (χ0n) is 11.5. The molecule has 5 heteroatoms. The van der Waals surface area contributed by atoms with Crippen LogP contribution < -0.4 is 10.1 Å². The molecule has 1 aromatic carbocycles. The van der Waals surface area contributed by atoms with Gasteiger partial charge in [0, 0.05) is 10.5 Å². The number of carbonyl (C=O) groups excluding carboxylic acids is 1. The molecule has 0 heterocycles. The van der Waals surface area contributed by atoms with Crippen LogP contribution in [0.15, 0.2) is 22.7 Å². The Morgan fingerprint density at radius 1 is 1.45 bits per heavy atom. The third kappa shape index (κ3) is 4.20. The van der Waals surface area contributed by atoms with Crippen molar-refractivity contribution in [2.45, 2.75) is 38.6 Å². The molecule has 1 amide bonds. The zero-order valence-corrected chi connectivity index (χ0v) is 13.1. The average molecular weight is 344 g/mol. The molecule has 0 bridgehead atoms. The monoisotopic (exact) mass is 343 g/mol. The lowest BCUT2D eigenvalue weighted by Gasteiger charge is -2.29. The van der Waals surface area contributed by atoms with Crippen molar-refractivity contribution < 1.29 is 13.9 Å². The van der Waals surface area contributed by atoms with E-state index in [1.807, 2.05) is 0 Å². The second kappa shape index (κ2) is 7.07. The lowest BCUT2D eigenvalue weighted by atomic mass is 9.86. The van der Waals surface area contributed by atoms with Gasteiger partial charge in [0.1, 0.15) is 0 Å². The fourth-order valence-corrected chi connectivity index (χ4v) is 2.85. The molecule has 1 aromatic rings. The summed E-state index contributed by atoms with van der Waals surface area (Å²) in [5.74, 6) is -0.0681. The normalized spacial score (nSPS) is 22.4. The molecule has 1 aliphatic rings. The van der Waals surface area contributed by atoms with E-state index in [0.717, 1.165) is 19.3 Å². The SMILES string of the molecule is C[C@@H]1CCCC[C@H]1NC(=O)COc1ccc(Br)cc1F. The molecule has 0 spiro atoms. The van der Waals surface area contributed by atoms with Gasteiger partial charge in [-0.15, -0.1) is 0 Å². The molecule has 1 N–H and O–H groups in total. The van der Waals surface area contributed by atoms with Gasteiger partial charge in [-0.1, -0.05) is 35.7 Å². The topological polar surface area (TPSA) is 38.3 Å². The van der Waals surface area contributed by atoms with Gasteiger partial charge in [-0.25, -0.2) is 4.39 Å². The van der Waals surface area contributed by atoms with Gasteiger partial charge >= 0.3 is 0 Å². The van der Waals surface area contributed by atoms with E-state index in [1.165, 1.54) is 18.6 Å². The fraction of sp³-hybridized carbons (Fsp3) is 0.533. The van der Waals surface area contributed by atoms with Gasteiger partial charge in [-0.05, 0) is 37.0 Å². The van der Waals surface area contributed by atoms with Gasteiger partial charge in [0.25, 0.3) is 5.91 Å². The second-order valence-electron chi connectivity index (χ2n) is 5.30.